The molecular formula is C26H35ClFN6O6PS. The molecule has 12 nitrogen and oxygen atoms in total. The van der Waals surface area contributed by atoms with Gasteiger partial charge >= 0.3 is 12.6 Å². The molecule has 2 N–H and O–H groups in total. The number of alkyl halides is 2. The SMILES string of the molecule is Cc1nc(N(C)C)c2ncn([C@@H]3O[C@](CCl)(CO[P@@](=S)(N[C@H](C)C(=O)OC(C)C)Oc4ccccc4)[C@@H](O)[C@@H]3F)c2n1. The van der Waals surface area contributed by atoms with Crippen molar-refractivity contribution in [3.8, 4) is 5.75 Å². The number of imidazole rings is 1. The second-order valence-corrected chi connectivity index (χ2v) is 13.8. The number of hydrogen-bond acceptors (Lipinski definition) is 11. The number of nitrogens with zero attached hydrogens (tertiary/aromatic N) is 5. The maximum absolute atomic E-state index is 15.8. The van der Waals surface area contributed by atoms with E-state index in [-0.39, 0.29) is 12.0 Å². The lowest BCUT2D eigenvalue weighted by Gasteiger charge is -2.33. The second kappa shape index (κ2) is 13.0. The van der Waals surface area contributed by atoms with Crippen LogP contribution in [0, 0.1) is 6.92 Å². The van der Waals surface area contributed by atoms with Gasteiger partial charge in [0.2, 0.25) is 0 Å². The summed E-state index contributed by atoms with van der Waals surface area (Å²) >= 11 is 12.1. The average molecular weight is 645 g/mol. The third kappa shape index (κ3) is 6.85. The second-order valence-electron chi connectivity index (χ2n) is 10.4. The van der Waals surface area contributed by atoms with Gasteiger partial charge in [-0.15, -0.1) is 11.6 Å². The highest BCUT2D eigenvalue weighted by Gasteiger charge is 2.57. The molecule has 1 aliphatic heterocycles. The summed E-state index contributed by atoms with van der Waals surface area (Å²) in [5, 5.41) is 14.0. The Labute approximate surface area is 253 Å². The number of nitrogens with one attached hydrogen (secondary N) is 1. The first kappa shape index (κ1) is 32.5. The predicted octanol–water partition coefficient (Wildman–Crippen LogP) is 3.66. The molecule has 230 valence electrons. The Balaban J connectivity index is 1.62. The zero-order valence-corrected chi connectivity index (χ0v) is 26.6. The lowest BCUT2D eigenvalue weighted by atomic mass is 9.99. The number of hydrogen-bond donors (Lipinski definition) is 2. The molecule has 1 aliphatic rings. The summed E-state index contributed by atoms with van der Waals surface area (Å²) in [6.45, 7) is 2.74. The zero-order chi connectivity index (χ0) is 30.8. The van der Waals surface area contributed by atoms with E-state index in [9.17, 15) is 9.90 Å². The van der Waals surface area contributed by atoms with Gasteiger partial charge in [-0.1, -0.05) is 18.2 Å². The number of halogens is 2. The molecule has 1 fully saturated rings. The summed E-state index contributed by atoms with van der Waals surface area (Å²) in [6, 6.07) is 7.73. The largest absolute Gasteiger partial charge is 0.462 e. The number of rotatable bonds is 12. The first-order chi connectivity index (χ1) is 19.8. The van der Waals surface area contributed by atoms with E-state index in [1.165, 1.54) is 10.9 Å². The summed E-state index contributed by atoms with van der Waals surface area (Å²) in [7, 11) is 3.62. The first-order valence-corrected chi connectivity index (χ1v) is 16.4. The summed E-state index contributed by atoms with van der Waals surface area (Å²) in [6.07, 6.45) is -3.94. The van der Waals surface area contributed by atoms with Crippen molar-refractivity contribution in [3.05, 3.63) is 42.5 Å². The fourth-order valence-electron chi connectivity index (χ4n) is 4.33. The molecular weight excluding hydrogens is 610 g/mol. The van der Waals surface area contributed by atoms with E-state index in [4.69, 9.17) is 41.9 Å². The van der Waals surface area contributed by atoms with Crippen LogP contribution in [0.2, 0.25) is 0 Å². The van der Waals surface area contributed by atoms with E-state index < -0.39 is 49.4 Å². The van der Waals surface area contributed by atoms with E-state index in [0.29, 0.717) is 28.6 Å². The molecule has 0 saturated carbocycles. The van der Waals surface area contributed by atoms with Crippen molar-refractivity contribution in [2.75, 3.05) is 31.5 Å². The minimum atomic E-state index is -3.53. The number of anilines is 1. The first-order valence-electron chi connectivity index (χ1n) is 13.2. The van der Waals surface area contributed by atoms with Crippen molar-refractivity contribution >= 4 is 53.0 Å². The molecule has 42 heavy (non-hydrogen) atoms. The number of fused-ring (bicyclic) bond motifs is 1. The van der Waals surface area contributed by atoms with Gasteiger partial charge in [0.05, 0.1) is 24.9 Å². The van der Waals surface area contributed by atoms with Crippen LogP contribution in [0.25, 0.3) is 11.2 Å². The van der Waals surface area contributed by atoms with Gasteiger partial charge in [-0.25, -0.2) is 24.4 Å². The van der Waals surface area contributed by atoms with Crippen LogP contribution in [0.1, 0.15) is 32.8 Å². The van der Waals surface area contributed by atoms with Crippen LogP contribution >= 0.6 is 18.2 Å². The van der Waals surface area contributed by atoms with Gasteiger partial charge in [0.1, 0.15) is 29.3 Å². The molecule has 3 heterocycles. The number of ether oxygens (including phenoxy) is 2. The Morgan fingerprint density at radius 1 is 1.31 bits per heavy atom. The smallest absolute Gasteiger partial charge is 0.323 e. The van der Waals surface area contributed by atoms with Crippen LogP contribution < -0.4 is 14.5 Å². The van der Waals surface area contributed by atoms with E-state index in [1.54, 1.807) is 62.9 Å². The molecule has 2 aromatic heterocycles. The van der Waals surface area contributed by atoms with Gasteiger partial charge in [-0.05, 0) is 51.6 Å². The molecule has 0 unspecified atom stereocenters. The fraction of sp³-hybridized carbons (Fsp3) is 0.538. The van der Waals surface area contributed by atoms with Crippen LogP contribution in [-0.2, 0) is 30.6 Å². The Morgan fingerprint density at radius 2 is 2.00 bits per heavy atom. The highest BCUT2D eigenvalue weighted by Crippen LogP contribution is 2.49. The van der Waals surface area contributed by atoms with Gasteiger partial charge in [0.25, 0.3) is 0 Å². The molecule has 0 aliphatic carbocycles. The number of carbonyl (C=O) groups excluding carboxylic acids is 1. The summed E-state index contributed by atoms with van der Waals surface area (Å²) in [4.78, 5) is 27.6. The highest BCUT2D eigenvalue weighted by atomic mass is 35.5. The number of carbonyl (C=O) groups is 1. The molecule has 3 aromatic rings. The molecule has 6 atom stereocenters. The van der Waals surface area contributed by atoms with Crippen molar-refractivity contribution in [2.45, 2.75) is 63.9 Å². The number of aliphatic hydroxyl groups excluding tert-OH is 1. The van der Waals surface area contributed by atoms with Crippen LogP contribution in [0.3, 0.4) is 0 Å². The molecule has 1 saturated heterocycles. The number of aromatic nitrogens is 4. The Morgan fingerprint density at radius 3 is 2.62 bits per heavy atom. The number of para-hydroxylation sites is 1. The minimum Gasteiger partial charge on any atom is -0.462 e. The van der Waals surface area contributed by atoms with Gasteiger partial charge in [0, 0.05) is 14.1 Å². The normalized spacial score (nSPS) is 24.5. The molecule has 1 aromatic carbocycles. The van der Waals surface area contributed by atoms with Crippen molar-refractivity contribution < 1.29 is 32.8 Å². The standard InChI is InChI=1S/C26H35ClFN6O6PS/c1-15(2)38-25(36)16(3)32-41(42,40-18-10-8-7-9-11-18)37-13-26(12-27)21(35)19(28)24(39-26)34-14-29-20-22(33(5)6)30-17(4)31-23(20)34/h7-11,14-16,19,21,24,35H,12-13H2,1-6H3,(H,32,42)/t16-,19+,21+,24-,26-,41+/m1/s1. The third-order valence-corrected chi connectivity index (χ3v) is 9.34. The lowest BCUT2D eigenvalue weighted by molar-refractivity contribution is -0.149. The van der Waals surface area contributed by atoms with E-state index in [2.05, 4.69) is 20.0 Å². The molecule has 16 heteroatoms. The molecule has 4 rings (SSSR count). The van der Waals surface area contributed by atoms with E-state index in [0.717, 1.165) is 0 Å². The topological polar surface area (TPSA) is 133 Å². The van der Waals surface area contributed by atoms with Gasteiger partial charge in [-0.3, -0.25) is 9.36 Å². The van der Waals surface area contributed by atoms with Crippen molar-refractivity contribution in [1.82, 2.24) is 24.6 Å². The number of aliphatic hydroxyl groups is 1. The number of esters is 1. The van der Waals surface area contributed by atoms with E-state index in [1.807, 2.05) is 14.1 Å². The Bertz CT molecular complexity index is 1450. The maximum atomic E-state index is 15.8. The number of benzene rings is 1. The lowest BCUT2D eigenvalue weighted by Crippen LogP contribution is -2.48. The highest BCUT2D eigenvalue weighted by molar-refractivity contribution is 8.09. The van der Waals surface area contributed by atoms with Gasteiger partial charge in [-0.2, -0.15) is 0 Å². The van der Waals surface area contributed by atoms with Crippen molar-refractivity contribution in [2.24, 2.45) is 0 Å². The van der Waals surface area contributed by atoms with Crippen LogP contribution in [0.15, 0.2) is 36.7 Å². The van der Waals surface area contributed by atoms with Gasteiger partial charge < -0.3 is 28.5 Å². The summed E-state index contributed by atoms with van der Waals surface area (Å²) in [5.74, 6) is 0.466. The maximum Gasteiger partial charge on any atom is 0.323 e. The molecule has 0 bridgehead atoms. The zero-order valence-electron chi connectivity index (χ0n) is 24.1. The molecule has 0 amide bonds. The monoisotopic (exact) mass is 644 g/mol. The average Bonchev–Trinajstić information content (AvgIpc) is 3.45. The van der Waals surface area contributed by atoms with Crippen molar-refractivity contribution in [3.63, 3.8) is 0 Å². The quantitative estimate of drug-likeness (QED) is 0.169. The van der Waals surface area contributed by atoms with Crippen LogP contribution in [-0.4, -0.2) is 87.2 Å². The van der Waals surface area contributed by atoms with Crippen molar-refractivity contribution in [1.29, 1.82) is 0 Å². The number of aryl methyl sites for hydroxylation is 1. The van der Waals surface area contributed by atoms with E-state index >= 15 is 4.39 Å². The summed E-state index contributed by atoms with van der Waals surface area (Å²) in [5.41, 5.74) is -0.968. The Hall–Kier alpha value is -2.45. The molecule has 0 spiro atoms. The van der Waals surface area contributed by atoms with Crippen LogP contribution in [0.4, 0.5) is 10.2 Å². The predicted molar refractivity (Wildman–Crippen MR) is 160 cm³/mol. The summed E-state index contributed by atoms with van der Waals surface area (Å²) < 4.78 is 40.7. The third-order valence-electron chi connectivity index (χ3n) is 6.41. The van der Waals surface area contributed by atoms with Gasteiger partial charge in [0.15, 0.2) is 29.4 Å². The fourth-order valence-corrected chi connectivity index (χ4v) is 7.07. The van der Waals surface area contributed by atoms with Crippen LogP contribution in [0.5, 0.6) is 5.75 Å². The minimum absolute atomic E-state index is 0.328. The molecule has 0 radical (unpaired) electrons. The Kier molecular flexibility index (Phi) is 10.1.